The maximum atomic E-state index is 13.5. The van der Waals surface area contributed by atoms with Crippen LogP contribution in [0.15, 0.2) is 47.5 Å². The zero-order chi connectivity index (χ0) is 23.4. The zero-order valence-electron chi connectivity index (χ0n) is 19.6. The number of aryl methyl sites for hydroxylation is 1. The fourth-order valence-electron chi connectivity index (χ4n) is 5.02. The van der Waals surface area contributed by atoms with Gasteiger partial charge in [-0.15, -0.1) is 0 Å². The topological polar surface area (TPSA) is 101 Å². The number of nitrogen functional groups attached to an aromatic ring is 1. The van der Waals surface area contributed by atoms with Crippen molar-refractivity contribution in [3.05, 3.63) is 58.8 Å². The molecule has 0 aliphatic carbocycles. The van der Waals surface area contributed by atoms with Gasteiger partial charge in [0, 0.05) is 18.6 Å². The van der Waals surface area contributed by atoms with Gasteiger partial charge in [0.1, 0.15) is 11.5 Å². The molecule has 0 amide bonds. The molecule has 0 unspecified atom stereocenters. The van der Waals surface area contributed by atoms with Gasteiger partial charge in [0.25, 0.3) is 5.56 Å². The third-order valence-electron chi connectivity index (χ3n) is 6.86. The molecule has 0 saturated carbocycles. The highest BCUT2D eigenvalue weighted by Gasteiger charge is 2.23. The first-order chi connectivity index (χ1) is 16.0. The van der Waals surface area contributed by atoms with E-state index in [1.165, 1.54) is 25.5 Å². The lowest BCUT2D eigenvalue weighted by molar-refractivity contribution is 0.101. The Bertz CT molecular complexity index is 1180. The van der Waals surface area contributed by atoms with E-state index in [9.17, 15) is 4.79 Å². The van der Waals surface area contributed by atoms with Crippen molar-refractivity contribution in [2.24, 2.45) is 5.73 Å². The lowest BCUT2D eigenvalue weighted by Gasteiger charge is -2.39. The van der Waals surface area contributed by atoms with E-state index in [1.54, 1.807) is 6.20 Å². The number of nitrogens with two attached hydrogens (primary N) is 1. The number of fused-ring (bicyclic) bond motifs is 1. The van der Waals surface area contributed by atoms with Crippen LogP contribution in [0, 0.1) is 5.41 Å². The molecule has 0 radical (unpaired) electrons. The number of nitrogens with zero attached hydrogens (tertiary/aromatic N) is 4. The maximum absolute atomic E-state index is 13.5. The lowest BCUT2D eigenvalue weighted by Crippen LogP contribution is -2.44. The Labute approximate surface area is 195 Å². The van der Waals surface area contributed by atoms with E-state index >= 15 is 0 Å². The number of likely N-dealkylation sites (tertiary alicyclic amines) is 1. The van der Waals surface area contributed by atoms with E-state index in [0.29, 0.717) is 29.9 Å². The lowest BCUT2D eigenvalue weighted by atomic mass is 9.97. The Morgan fingerprint density at radius 2 is 1.82 bits per heavy atom. The van der Waals surface area contributed by atoms with Crippen LogP contribution in [0.3, 0.4) is 0 Å². The minimum absolute atomic E-state index is 0.0815. The molecular weight excluding hydrogens is 412 g/mol. The molecular formula is C26H34N6O. The van der Waals surface area contributed by atoms with Gasteiger partial charge in [-0.05, 0) is 63.6 Å². The molecule has 33 heavy (non-hydrogen) atoms. The van der Waals surface area contributed by atoms with Gasteiger partial charge in [-0.25, -0.2) is 4.98 Å². The van der Waals surface area contributed by atoms with Gasteiger partial charge in [-0.2, -0.15) is 0 Å². The molecule has 3 N–H and O–H groups in total. The molecule has 2 aromatic heterocycles. The van der Waals surface area contributed by atoms with Gasteiger partial charge < -0.3 is 10.3 Å². The average Bonchev–Trinajstić information content (AvgIpc) is 2.81. The first kappa shape index (κ1) is 23.1. The van der Waals surface area contributed by atoms with Crippen molar-refractivity contribution in [2.75, 3.05) is 6.54 Å². The third-order valence-corrected chi connectivity index (χ3v) is 6.86. The van der Waals surface area contributed by atoms with Crippen molar-refractivity contribution in [3.8, 4) is 11.3 Å². The summed E-state index contributed by atoms with van der Waals surface area (Å²) in [6, 6.07) is 11.1. The van der Waals surface area contributed by atoms with Gasteiger partial charge >= 0.3 is 0 Å². The van der Waals surface area contributed by atoms with Crippen molar-refractivity contribution in [2.45, 2.75) is 71.0 Å². The van der Waals surface area contributed by atoms with Crippen LogP contribution in [-0.2, 0) is 6.54 Å². The fraction of sp³-hybridized carbons (Fsp3) is 0.462. The number of nitrogens with one attached hydrogen (secondary N) is 1. The van der Waals surface area contributed by atoms with Crippen LogP contribution in [0.1, 0.15) is 58.1 Å². The molecule has 1 fully saturated rings. The van der Waals surface area contributed by atoms with E-state index in [0.717, 1.165) is 36.7 Å². The Hall–Kier alpha value is -3.06. The molecule has 174 valence electrons. The molecule has 3 aromatic rings. The number of rotatable bonds is 8. The molecule has 3 heterocycles. The summed E-state index contributed by atoms with van der Waals surface area (Å²) in [7, 11) is 0. The quantitative estimate of drug-likeness (QED) is 0.307. The van der Waals surface area contributed by atoms with E-state index in [1.807, 2.05) is 34.9 Å². The van der Waals surface area contributed by atoms with Crippen molar-refractivity contribution < 1.29 is 0 Å². The van der Waals surface area contributed by atoms with E-state index < -0.39 is 0 Å². The zero-order valence-corrected chi connectivity index (χ0v) is 19.6. The van der Waals surface area contributed by atoms with Crippen LogP contribution in [0.5, 0.6) is 0 Å². The van der Waals surface area contributed by atoms with Gasteiger partial charge in [0.05, 0.1) is 29.2 Å². The smallest absolute Gasteiger partial charge is 0.260 e. The second-order valence-corrected chi connectivity index (χ2v) is 9.20. The molecule has 4 rings (SSSR count). The summed E-state index contributed by atoms with van der Waals surface area (Å²) >= 11 is 0. The van der Waals surface area contributed by atoms with Crippen LogP contribution < -0.4 is 11.3 Å². The molecule has 1 aliphatic rings. The van der Waals surface area contributed by atoms with Crippen molar-refractivity contribution in [3.63, 3.8) is 0 Å². The largest absolute Gasteiger partial charge is 0.382 e. The number of piperidine rings is 1. The standard InChI is InChI=1S/C26H34N6O/c1-18-9-8-10-19(2)31(18)13-6-3-7-14-32-24-12-5-4-11-20(24)15-21(26(32)33)22-16-29-17-23(30-22)25(27)28/h4-5,11-12,15-19H,3,6-10,13-14H2,1-2H3,(H3,27,28)/t18-,19+. The average molecular weight is 447 g/mol. The Kier molecular flexibility index (Phi) is 7.18. The van der Waals surface area contributed by atoms with Gasteiger partial charge in [0.15, 0.2) is 0 Å². The molecule has 1 saturated heterocycles. The molecule has 0 spiro atoms. The minimum atomic E-state index is -0.164. The van der Waals surface area contributed by atoms with Gasteiger partial charge in [-0.3, -0.25) is 20.1 Å². The number of aromatic nitrogens is 3. The van der Waals surface area contributed by atoms with Crippen LogP contribution in [0.25, 0.3) is 22.2 Å². The second kappa shape index (κ2) is 10.3. The van der Waals surface area contributed by atoms with Crippen molar-refractivity contribution in [1.82, 2.24) is 19.4 Å². The Morgan fingerprint density at radius 3 is 2.58 bits per heavy atom. The first-order valence-electron chi connectivity index (χ1n) is 12.0. The highest BCUT2D eigenvalue weighted by Crippen LogP contribution is 2.23. The minimum Gasteiger partial charge on any atom is -0.382 e. The maximum Gasteiger partial charge on any atom is 0.260 e. The Balaban J connectivity index is 1.52. The molecule has 1 aliphatic heterocycles. The first-order valence-corrected chi connectivity index (χ1v) is 12.0. The predicted octanol–water partition coefficient (Wildman–Crippen LogP) is 4.18. The number of amidine groups is 1. The summed E-state index contributed by atoms with van der Waals surface area (Å²) in [5, 5.41) is 8.62. The van der Waals surface area contributed by atoms with Crippen LogP contribution >= 0.6 is 0 Å². The monoisotopic (exact) mass is 446 g/mol. The fourth-order valence-corrected chi connectivity index (χ4v) is 5.02. The molecule has 7 heteroatoms. The van der Waals surface area contributed by atoms with Crippen LogP contribution in [-0.4, -0.2) is 43.9 Å². The highest BCUT2D eigenvalue weighted by molar-refractivity contribution is 5.93. The van der Waals surface area contributed by atoms with Gasteiger partial charge in [0.2, 0.25) is 0 Å². The van der Waals surface area contributed by atoms with E-state index in [2.05, 4.69) is 28.7 Å². The van der Waals surface area contributed by atoms with Crippen LogP contribution in [0.4, 0.5) is 0 Å². The summed E-state index contributed by atoms with van der Waals surface area (Å²) in [5.41, 5.74) is 7.63. The SMILES string of the molecule is C[C@@H]1CCC[C@H](C)N1CCCCCn1c(=O)c(-c2cncc(C(=N)N)n2)cc2ccccc21. The Morgan fingerprint density at radius 1 is 1.09 bits per heavy atom. The predicted molar refractivity (Wildman–Crippen MR) is 134 cm³/mol. The number of hydrogen-bond acceptors (Lipinski definition) is 5. The molecule has 0 bridgehead atoms. The summed E-state index contributed by atoms with van der Waals surface area (Å²) in [6.07, 6.45) is 10.1. The van der Waals surface area contributed by atoms with Crippen molar-refractivity contribution >= 4 is 16.7 Å². The van der Waals surface area contributed by atoms with Crippen molar-refractivity contribution in [1.29, 1.82) is 5.41 Å². The number of benzene rings is 1. The molecule has 1 aromatic carbocycles. The van der Waals surface area contributed by atoms with Crippen LogP contribution in [0.2, 0.25) is 0 Å². The second-order valence-electron chi connectivity index (χ2n) is 9.20. The summed E-state index contributed by atoms with van der Waals surface area (Å²) in [6.45, 7) is 6.48. The highest BCUT2D eigenvalue weighted by atomic mass is 16.1. The number of pyridine rings is 1. The molecule has 7 nitrogen and oxygen atoms in total. The number of para-hydroxylation sites is 1. The van der Waals surface area contributed by atoms with Gasteiger partial charge in [-0.1, -0.05) is 31.0 Å². The number of unbranched alkanes of at least 4 members (excludes halogenated alkanes) is 2. The summed E-state index contributed by atoms with van der Waals surface area (Å²) < 4.78 is 1.86. The van der Waals surface area contributed by atoms with E-state index in [4.69, 9.17) is 11.1 Å². The van der Waals surface area contributed by atoms with E-state index in [-0.39, 0.29) is 17.1 Å². The summed E-state index contributed by atoms with van der Waals surface area (Å²) in [5.74, 6) is -0.164. The summed E-state index contributed by atoms with van der Waals surface area (Å²) in [4.78, 5) is 24.6. The third kappa shape index (κ3) is 5.14. The number of hydrogen-bond donors (Lipinski definition) is 2. The normalized spacial score (nSPS) is 19.1. The molecule has 2 atom stereocenters.